The molecule has 0 aromatic carbocycles. The topological polar surface area (TPSA) is 111 Å². The lowest BCUT2D eigenvalue weighted by molar-refractivity contribution is 0.186. The molecule has 1 rings (SSSR count). The lowest BCUT2D eigenvalue weighted by atomic mass is 10.3. The van der Waals surface area contributed by atoms with Crippen LogP contribution in [0, 0.1) is 0 Å². The number of nitrogens with one attached hydrogen (secondary N) is 2. The van der Waals surface area contributed by atoms with Crippen LogP contribution in [0.3, 0.4) is 0 Å². The number of H-pyrrole nitrogens is 1. The van der Waals surface area contributed by atoms with Gasteiger partial charge < -0.3 is 20.5 Å². The van der Waals surface area contributed by atoms with Gasteiger partial charge in [0.1, 0.15) is 11.5 Å². The van der Waals surface area contributed by atoms with Gasteiger partial charge in [0, 0.05) is 27.4 Å². The second kappa shape index (κ2) is 8.39. The number of aromatic amines is 1. The summed E-state index contributed by atoms with van der Waals surface area (Å²) in [7, 11) is 3.17. The first-order valence-corrected chi connectivity index (χ1v) is 6.46. The molecular formula is C12H22N4O4. The third-order valence-electron chi connectivity index (χ3n) is 2.84. The van der Waals surface area contributed by atoms with Crippen molar-refractivity contribution >= 4 is 11.5 Å². The van der Waals surface area contributed by atoms with Crippen LogP contribution >= 0.6 is 0 Å². The van der Waals surface area contributed by atoms with Crippen LogP contribution in [0.4, 0.5) is 11.5 Å². The lowest BCUT2D eigenvalue weighted by Gasteiger charge is -2.13. The van der Waals surface area contributed by atoms with Crippen LogP contribution in [0.2, 0.25) is 0 Å². The maximum absolute atomic E-state index is 11.7. The monoisotopic (exact) mass is 286 g/mol. The van der Waals surface area contributed by atoms with E-state index in [4.69, 9.17) is 15.2 Å². The minimum Gasteiger partial charge on any atom is -0.385 e. The standard InChI is InChI=1S/C12H22N4O4/c1-19-7-4-3-5-14-9-10(13)16(6-8-20-2)12(18)15-11(9)17/h14H,3-8,13H2,1-2H3,(H,15,17,18). The van der Waals surface area contributed by atoms with Gasteiger partial charge >= 0.3 is 5.69 Å². The number of aromatic nitrogens is 2. The van der Waals surface area contributed by atoms with Gasteiger partial charge in [-0.1, -0.05) is 0 Å². The van der Waals surface area contributed by atoms with Crippen molar-refractivity contribution in [2.24, 2.45) is 0 Å². The molecule has 1 aromatic rings. The average Bonchev–Trinajstić information content (AvgIpc) is 2.41. The number of unbranched alkanes of at least 4 members (excludes halogenated alkanes) is 1. The molecule has 1 heterocycles. The van der Waals surface area contributed by atoms with Crippen molar-refractivity contribution in [3.8, 4) is 0 Å². The van der Waals surface area contributed by atoms with Gasteiger partial charge in [-0.05, 0) is 12.8 Å². The quantitative estimate of drug-likeness (QED) is 0.533. The Labute approximate surface area is 116 Å². The minimum atomic E-state index is -0.533. The molecule has 8 nitrogen and oxygen atoms in total. The van der Waals surface area contributed by atoms with Crippen LogP contribution in [-0.4, -0.2) is 43.5 Å². The molecule has 4 N–H and O–H groups in total. The summed E-state index contributed by atoms with van der Waals surface area (Å²) in [5.41, 5.74) is 5.05. The number of anilines is 2. The molecule has 0 bridgehead atoms. The second-order valence-electron chi connectivity index (χ2n) is 4.29. The van der Waals surface area contributed by atoms with Crippen LogP contribution in [0.25, 0.3) is 0 Å². The number of nitrogens with two attached hydrogens (primary N) is 1. The van der Waals surface area contributed by atoms with Gasteiger partial charge in [0.15, 0.2) is 0 Å². The molecule has 0 amide bonds. The number of methoxy groups -OCH3 is 2. The first-order valence-electron chi connectivity index (χ1n) is 6.46. The fourth-order valence-corrected chi connectivity index (χ4v) is 1.75. The summed E-state index contributed by atoms with van der Waals surface area (Å²) in [6, 6.07) is 0. The Morgan fingerprint density at radius 2 is 1.90 bits per heavy atom. The number of rotatable bonds is 9. The zero-order valence-corrected chi connectivity index (χ0v) is 11.9. The zero-order valence-electron chi connectivity index (χ0n) is 11.9. The van der Waals surface area contributed by atoms with E-state index in [1.165, 1.54) is 11.7 Å². The van der Waals surface area contributed by atoms with Gasteiger partial charge in [0.2, 0.25) is 0 Å². The van der Waals surface area contributed by atoms with E-state index < -0.39 is 11.2 Å². The fraction of sp³-hybridized carbons (Fsp3) is 0.667. The van der Waals surface area contributed by atoms with Crippen molar-refractivity contribution in [3.05, 3.63) is 20.8 Å². The molecule has 0 spiro atoms. The third kappa shape index (κ3) is 4.39. The Balaban J connectivity index is 2.79. The van der Waals surface area contributed by atoms with E-state index in [0.29, 0.717) is 19.8 Å². The number of nitrogen functional groups attached to an aromatic ring is 1. The first-order chi connectivity index (χ1) is 9.61. The summed E-state index contributed by atoms with van der Waals surface area (Å²) in [6.45, 7) is 1.87. The van der Waals surface area contributed by atoms with Crippen molar-refractivity contribution < 1.29 is 9.47 Å². The highest BCUT2D eigenvalue weighted by atomic mass is 16.5. The molecule has 0 fully saturated rings. The molecule has 0 aliphatic heterocycles. The van der Waals surface area contributed by atoms with Crippen LogP contribution in [0.5, 0.6) is 0 Å². The van der Waals surface area contributed by atoms with E-state index in [1.54, 1.807) is 7.11 Å². The van der Waals surface area contributed by atoms with E-state index in [-0.39, 0.29) is 18.1 Å². The van der Waals surface area contributed by atoms with Gasteiger partial charge in [-0.3, -0.25) is 14.3 Å². The fourth-order valence-electron chi connectivity index (χ4n) is 1.75. The summed E-state index contributed by atoms with van der Waals surface area (Å²) >= 11 is 0. The highest BCUT2D eigenvalue weighted by Gasteiger charge is 2.11. The lowest BCUT2D eigenvalue weighted by Crippen LogP contribution is -2.35. The molecule has 0 aliphatic carbocycles. The minimum absolute atomic E-state index is 0.127. The molecular weight excluding hydrogens is 264 g/mol. The Kier molecular flexibility index (Phi) is 6.82. The molecule has 1 aromatic heterocycles. The van der Waals surface area contributed by atoms with Crippen molar-refractivity contribution in [2.75, 3.05) is 45.0 Å². The number of hydrogen-bond acceptors (Lipinski definition) is 6. The van der Waals surface area contributed by atoms with E-state index in [9.17, 15) is 9.59 Å². The van der Waals surface area contributed by atoms with E-state index >= 15 is 0 Å². The van der Waals surface area contributed by atoms with Crippen LogP contribution < -0.4 is 22.3 Å². The summed E-state index contributed by atoms with van der Waals surface area (Å²) in [4.78, 5) is 25.6. The van der Waals surface area contributed by atoms with Crippen molar-refractivity contribution in [1.82, 2.24) is 9.55 Å². The average molecular weight is 286 g/mol. The first kappa shape index (κ1) is 16.3. The van der Waals surface area contributed by atoms with E-state index in [1.807, 2.05) is 0 Å². The Bertz CT molecular complexity index is 523. The predicted molar refractivity (Wildman–Crippen MR) is 77.2 cm³/mol. The molecule has 114 valence electrons. The molecule has 0 atom stereocenters. The van der Waals surface area contributed by atoms with Gasteiger partial charge in [0.05, 0.1) is 13.2 Å². The van der Waals surface area contributed by atoms with Crippen LogP contribution in [0.1, 0.15) is 12.8 Å². The summed E-state index contributed by atoms with van der Waals surface area (Å²) in [5, 5.41) is 2.96. The van der Waals surface area contributed by atoms with Crippen molar-refractivity contribution in [1.29, 1.82) is 0 Å². The molecule has 0 unspecified atom stereocenters. The van der Waals surface area contributed by atoms with E-state index in [0.717, 1.165) is 12.8 Å². The van der Waals surface area contributed by atoms with Crippen molar-refractivity contribution in [3.63, 3.8) is 0 Å². The summed E-state index contributed by atoms with van der Waals surface area (Å²) in [5.74, 6) is 0.127. The zero-order chi connectivity index (χ0) is 15.0. The maximum atomic E-state index is 11.7. The normalized spacial score (nSPS) is 10.7. The van der Waals surface area contributed by atoms with Gasteiger partial charge in [-0.2, -0.15) is 0 Å². The molecule has 20 heavy (non-hydrogen) atoms. The SMILES string of the molecule is COCCCCNc1c(N)n(CCOC)c(=O)[nH]c1=O. The van der Waals surface area contributed by atoms with Crippen LogP contribution in [-0.2, 0) is 16.0 Å². The smallest absolute Gasteiger partial charge is 0.330 e. The Morgan fingerprint density at radius 1 is 1.20 bits per heavy atom. The van der Waals surface area contributed by atoms with Gasteiger partial charge in [-0.15, -0.1) is 0 Å². The number of ether oxygens (including phenoxy) is 2. The van der Waals surface area contributed by atoms with Gasteiger partial charge in [-0.25, -0.2) is 4.79 Å². The third-order valence-corrected chi connectivity index (χ3v) is 2.84. The Hall–Kier alpha value is -1.80. The number of hydrogen-bond donors (Lipinski definition) is 3. The predicted octanol–water partition coefficient (Wildman–Crippen LogP) is -0.396. The Morgan fingerprint density at radius 3 is 2.55 bits per heavy atom. The summed E-state index contributed by atoms with van der Waals surface area (Å²) < 4.78 is 11.1. The largest absolute Gasteiger partial charge is 0.385 e. The summed E-state index contributed by atoms with van der Waals surface area (Å²) in [6.07, 6.45) is 1.72. The van der Waals surface area contributed by atoms with Gasteiger partial charge in [0.25, 0.3) is 5.56 Å². The molecule has 8 heteroatoms. The molecule has 0 aliphatic rings. The van der Waals surface area contributed by atoms with Crippen LogP contribution in [0.15, 0.2) is 9.59 Å². The molecule has 0 saturated carbocycles. The number of nitrogens with zero attached hydrogens (tertiary/aromatic N) is 1. The molecule has 0 saturated heterocycles. The van der Waals surface area contributed by atoms with Crippen molar-refractivity contribution in [2.45, 2.75) is 19.4 Å². The second-order valence-corrected chi connectivity index (χ2v) is 4.29. The maximum Gasteiger partial charge on any atom is 0.330 e. The van der Waals surface area contributed by atoms with E-state index in [2.05, 4.69) is 10.3 Å². The highest BCUT2D eigenvalue weighted by molar-refractivity contribution is 5.60. The molecule has 0 radical (unpaired) electrons. The highest BCUT2D eigenvalue weighted by Crippen LogP contribution is 2.09.